The van der Waals surface area contributed by atoms with Crippen molar-refractivity contribution in [3.8, 4) is 5.75 Å². The van der Waals surface area contributed by atoms with Gasteiger partial charge in [-0.05, 0) is 30.7 Å². The molecular formula is C21H33N3O3+2. The van der Waals surface area contributed by atoms with Gasteiger partial charge in [-0.15, -0.1) is 0 Å². The second-order valence-electron chi connectivity index (χ2n) is 7.84. The first-order chi connectivity index (χ1) is 13.1. The Hall–Kier alpha value is -1.92. The highest BCUT2D eigenvalue weighted by molar-refractivity contribution is 6.21. The van der Waals surface area contributed by atoms with Crippen LogP contribution in [0.3, 0.4) is 0 Å². The summed E-state index contributed by atoms with van der Waals surface area (Å²) in [5.74, 6) is 0.651. The summed E-state index contributed by atoms with van der Waals surface area (Å²) in [6.07, 6.45) is 5.01. The lowest BCUT2D eigenvalue weighted by atomic mass is 10.2. The maximum Gasteiger partial charge on any atom is 0.292 e. The lowest BCUT2D eigenvalue weighted by Crippen LogP contribution is -3.29. The van der Waals surface area contributed by atoms with Crippen LogP contribution < -0.4 is 19.4 Å². The minimum Gasteiger partial charge on any atom is -0.494 e. The molecule has 0 aliphatic carbocycles. The lowest BCUT2D eigenvalue weighted by Gasteiger charge is -2.30. The first kappa shape index (κ1) is 19.8. The molecule has 2 saturated heterocycles. The second kappa shape index (κ2) is 9.33. The molecular weight excluding hydrogens is 342 g/mol. The highest BCUT2D eigenvalue weighted by Crippen LogP contribution is 2.24. The zero-order valence-electron chi connectivity index (χ0n) is 16.6. The van der Waals surface area contributed by atoms with Crippen LogP contribution in [0.15, 0.2) is 24.3 Å². The third-order valence-electron chi connectivity index (χ3n) is 5.75. The van der Waals surface area contributed by atoms with E-state index in [0.29, 0.717) is 18.7 Å². The van der Waals surface area contributed by atoms with Crippen molar-refractivity contribution in [1.29, 1.82) is 0 Å². The number of carbonyl (C=O) groups is 2. The third kappa shape index (κ3) is 4.87. The van der Waals surface area contributed by atoms with Crippen molar-refractivity contribution >= 4 is 17.5 Å². The van der Waals surface area contributed by atoms with E-state index >= 15 is 0 Å². The van der Waals surface area contributed by atoms with Crippen LogP contribution in [0.4, 0.5) is 5.69 Å². The van der Waals surface area contributed by atoms with Crippen molar-refractivity contribution in [2.45, 2.75) is 45.1 Å². The van der Waals surface area contributed by atoms with Gasteiger partial charge in [0.15, 0.2) is 6.04 Å². The van der Waals surface area contributed by atoms with Crippen molar-refractivity contribution < 1.29 is 24.1 Å². The maximum atomic E-state index is 12.9. The molecule has 2 heterocycles. The van der Waals surface area contributed by atoms with Crippen LogP contribution in [-0.2, 0) is 9.59 Å². The summed E-state index contributed by atoms with van der Waals surface area (Å²) in [5, 5.41) is 0. The summed E-state index contributed by atoms with van der Waals surface area (Å²) in [5.41, 5.74) is 0.657. The zero-order valence-corrected chi connectivity index (χ0v) is 16.6. The van der Waals surface area contributed by atoms with Gasteiger partial charge in [-0.2, -0.15) is 0 Å². The SMILES string of the molecule is CCCCCCOc1ccc(N2C(=O)C[C@H]([NH+]3CC[NH+](C)CC3)C2=O)cc1. The Balaban J connectivity index is 1.57. The van der Waals surface area contributed by atoms with Gasteiger partial charge >= 0.3 is 0 Å². The van der Waals surface area contributed by atoms with Gasteiger partial charge in [0.2, 0.25) is 5.91 Å². The number of likely N-dealkylation sites (N-methyl/N-ethyl adjacent to an activating group) is 1. The third-order valence-corrected chi connectivity index (χ3v) is 5.75. The number of benzene rings is 1. The Bertz CT molecular complexity index is 639. The Labute approximate surface area is 162 Å². The first-order valence-electron chi connectivity index (χ1n) is 10.4. The minimum atomic E-state index is -0.222. The minimum absolute atomic E-state index is 0.0530. The van der Waals surface area contributed by atoms with Gasteiger partial charge in [-0.25, -0.2) is 4.90 Å². The van der Waals surface area contributed by atoms with E-state index in [-0.39, 0.29) is 17.9 Å². The van der Waals surface area contributed by atoms with E-state index in [9.17, 15) is 9.59 Å². The number of imide groups is 1. The second-order valence-corrected chi connectivity index (χ2v) is 7.84. The van der Waals surface area contributed by atoms with Crippen LogP contribution in [0.2, 0.25) is 0 Å². The Morgan fingerprint density at radius 2 is 1.74 bits per heavy atom. The molecule has 2 aliphatic heterocycles. The zero-order chi connectivity index (χ0) is 19.2. The summed E-state index contributed by atoms with van der Waals surface area (Å²) in [4.78, 5) is 29.5. The van der Waals surface area contributed by atoms with Crippen molar-refractivity contribution in [3.63, 3.8) is 0 Å². The molecule has 0 unspecified atom stereocenters. The molecule has 1 aromatic rings. The molecule has 0 radical (unpaired) electrons. The molecule has 6 nitrogen and oxygen atoms in total. The van der Waals surface area contributed by atoms with Crippen molar-refractivity contribution in [1.82, 2.24) is 0 Å². The van der Waals surface area contributed by atoms with Gasteiger partial charge in [-0.1, -0.05) is 26.2 Å². The molecule has 1 atom stereocenters. The van der Waals surface area contributed by atoms with E-state index in [4.69, 9.17) is 4.74 Å². The molecule has 1 aromatic carbocycles. The summed E-state index contributed by atoms with van der Waals surface area (Å²) >= 11 is 0. The predicted octanol–water partition coefficient (Wildman–Crippen LogP) is -0.309. The number of quaternary nitrogens is 2. The van der Waals surface area contributed by atoms with Gasteiger partial charge < -0.3 is 14.5 Å². The molecule has 3 rings (SSSR count). The maximum absolute atomic E-state index is 12.9. The normalized spacial score (nSPS) is 25.9. The molecule has 0 bridgehead atoms. The van der Waals surface area contributed by atoms with E-state index < -0.39 is 0 Å². The van der Waals surface area contributed by atoms with E-state index in [2.05, 4.69) is 14.0 Å². The summed E-state index contributed by atoms with van der Waals surface area (Å²) in [7, 11) is 2.18. The van der Waals surface area contributed by atoms with Crippen molar-refractivity contribution in [2.24, 2.45) is 0 Å². The molecule has 27 heavy (non-hydrogen) atoms. The molecule has 0 saturated carbocycles. The Kier molecular flexibility index (Phi) is 6.85. The summed E-state index contributed by atoms with van der Waals surface area (Å²) in [6, 6.07) is 7.14. The molecule has 2 N–H and O–H groups in total. The number of anilines is 1. The van der Waals surface area contributed by atoms with Gasteiger partial charge in [0, 0.05) is 0 Å². The van der Waals surface area contributed by atoms with Gasteiger partial charge in [0.05, 0.1) is 25.8 Å². The molecule has 2 amide bonds. The topological polar surface area (TPSA) is 55.5 Å². The molecule has 0 aromatic heterocycles. The van der Waals surface area contributed by atoms with Gasteiger partial charge in [0.25, 0.3) is 5.91 Å². The number of rotatable bonds is 8. The van der Waals surface area contributed by atoms with Gasteiger partial charge in [0.1, 0.15) is 31.9 Å². The van der Waals surface area contributed by atoms with Crippen molar-refractivity contribution in [3.05, 3.63) is 24.3 Å². The molecule has 2 fully saturated rings. The number of ether oxygens (including phenoxy) is 1. The molecule has 148 valence electrons. The van der Waals surface area contributed by atoms with E-state index in [1.807, 2.05) is 24.3 Å². The molecule has 2 aliphatic rings. The number of carbonyl (C=O) groups excluding carboxylic acids is 2. The standard InChI is InChI=1S/C21H31N3O3/c1-3-4-5-6-15-27-18-9-7-17(8-10-18)24-20(25)16-19(21(24)26)23-13-11-22(2)12-14-23/h7-10,19H,3-6,11-16H2,1-2H3/p+2/t19-/m0/s1. The fourth-order valence-electron chi connectivity index (χ4n) is 3.98. The largest absolute Gasteiger partial charge is 0.494 e. The van der Waals surface area contributed by atoms with Crippen LogP contribution in [0.1, 0.15) is 39.0 Å². The van der Waals surface area contributed by atoms with Crippen LogP contribution >= 0.6 is 0 Å². The molecule has 6 heteroatoms. The Morgan fingerprint density at radius 3 is 2.41 bits per heavy atom. The highest BCUT2D eigenvalue weighted by Gasteiger charge is 2.46. The first-order valence-corrected chi connectivity index (χ1v) is 10.4. The monoisotopic (exact) mass is 375 g/mol. The van der Waals surface area contributed by atoms with E-state index in [0.717, 1.165) is 38.3 Å². The van der Waals surface area contributed by atoms with Crippen LogP contribution in [0, 0.1) is 0 Å². The number of nitrogens with one attached hydrogen (secondary N) is 2. The number of piperazine rings is 1. The fourth-order valence-corrected chi connectivity index (χ4v) is 3.98. The summed E-state index contributed by atoms with van der Waals surface area (Å²) in [6.45, 7) is 6.91. The highest BCUT2D eigenvalue weighted by atomic mass is 16.5. The van der Waals surface area contributed by atoms with Crippen LogP contribution in [0.25, 0.3) is 0 Å². The van der Waals surface area contributed by atoms with Crippen LogP contribution in [0.5, 0.6) is 5.75 Å². The van der Waals surface area contributed by atoms with Crippen LogP contribution in [-0.4, -0.2) is 57.7 Å². The smallest absolute Gasteiger partial charge is 0.292 e. The van der Waals surface area contributed by atoms with E-state index in [1.54, 1.807) is 0 Å². The molecule has 0 spiro atoms. The van der Waals surface area contributed by atoms with Crippen molar-refractivity contribution in [2.75, 3.05) is 44.7 Å². The average Bonchev–Trinajstić information content (AvgIpc) is 2.97. The lowest BCUT2D eigenvalue weighted by molar-refractivity contribution is -1.01. The number of hydrogen-bond donors (Lipinski definition) is 2. The summed E-state index contributed by atoms with van der Waals surface area (Å²) < 4.78 is 5.76. The van der Waals surface area contributed by atoms with E-state index in [1.165, 1.54) is 34.0 Å². The predicted molar refractivity (Wildman–Crippen MR) is 104 cm³/mol. The number of amides is 2. The number of hydrogen-bond acceptors (Lipinski definition) is 3. The Morgan fingerprint density at radius 1 is 1.04 bits per heavy atom. The quantitative estimate of drug-likeness (QED) is 0.484. The van der Waals surface area contributed by atoms with Gasteiger partial charge in [-0.3, -0.25) is 9.59 Å². The fraction of sp³-hybridized carbons (Fsp3) is 0.619. The number of nitrogens with zero attached hydrogens (tertiary/aromatic N) is 1. The number of unbranched alkanes of at least 4 members (excludes halogenated alkanes) is 3. The average molecular weight is 376 g/mol.